The van der Waals surface area contributed by atoms with E-state index < -0.39 is 0 Å². The quantitative estimate of drug-likeness (QED) is 0.608. The fourth-order valence-electron chi connectivity index (χ4n) is 8.20. The Bertz CT molecular complexity index is 823. The predicted molar refractivity (Wildman–Crippen MR) is 135 cm³/mol. The van der Waals surface area contributed by atoms with E-state index in [0.717, 1.165) is 35.5 Å². The van der Waals surface area contributed by atoms with Crippen LogP contribution in [0.2, 0.25) is 0 Å². The highest BCUT2D eigenvalue weighted by molar-refractivity contribution is 7.80. The lowest BCUT2D eigenvalue weighted by Gasteiger charge is -2.62. The fourth-order valence-corrected chi connectivity index (χ4v) is 8.38. The standard InChI is InChI=1S/C27H39N3OS/c1-27-16-19-13-20(17-27)15-21(14-19)25(27)29(26(32)28-2)18-24(31)30(22-9-5-3-6-10-22)23-11-7-4-8-12-23/h3,5-6,9-10,19-21,23,25H,4,7-8,11-18H2,1-2H3,(H,28,32). The number of thiocarbonyl (C=S) groups is 1. The van der Waals surface area contributed by atoms with E-state index in [1.807, 2.05) is 25.2 Å². The Balaban J connectivity index is 1.43. The molecular weight excluding hydrogens is 414 g/mol. The summed E-state index contributed by atoms with van der Waals surface area (Å²) in [6.45, 7) is 2.87. The number of para-hydroxylation sites is 1. The summed E-state index contributed by atoms with van der Waals surface area (Å²) in [5.74, 6) is 2.65. The SMILES string of the molecule is CNC(=S)N(CC(=O)N(c1ccccc1)C1CCCCC1)C1C2CC3CC(C2)CC1(C)C3. The van der Waals surface area contributed by atoms with E-state index >= 15 is 0 Å². The third-order valence-electron chi connectivity index (χ3n) is 8.97. The van der Waals surface area contributed by atoms with Crippen molar-refractivity contribution in [2.45, 2.75) is 83.2 Å². The van der Waals surface area contributed by atoms with Crippen LogP contribution in [-0.4, -0.2) is 41.6 Å². The number of rotatable bonds is 5. The number of hydrogen-bond donors (Lipinski definition) is 1. The van der Waals surface area contributed by atoms with Gasteiger partial charge in [0.2, 0.25) is 5.91 Å². The monoisotopic (exact) mass is 453 g/mol. The van der Waals surface area contributed by atoms with Crippen LogP contribution in [0.5, 0.6) is 0 Å². The first kappa shape index (κ1) is 22.2. The van der Waals surface area contributed by atoms with Gasteiger partial charge in [0.25, 0.3) is 0 Å². The zero-order chi connectivity index (χ0) is 22.3. The summed E-state index contributed by atoms with van der Waals surface area (Å²) in [5.41, 5.74) is 1.31. The van der Waals surface area contributed by atoms with Crippen LogP contribution in [0.1, 0.15) is 71.1 Å². The van der Waals surface area contributed by atoms with Gasteiger partial charge in [0.1, 0.15) is 0 Å². The molecule has 0 heterocycles. The molecule has 174 valence electrons. The van der Waals surface area contributed by atoms with E-state index in [4.69, 9.17) is 12.2 Å². The van der Waals surface area contributed by atoms with Crippen molar-refractivity contribution in [2.75, 3.05) is 18.5 Å². The Morgan fingerprint density at radius 2 is 1.72 bits per heavy atom. The van der Waals surface area contributed by atoms with Crippen molar-refractivity contribution in [3.8, 4) is 0 Å². The lowest BCUT2D eigenvalue weighted by Crippen LogP contribution is -2.65. The highest BCUT2D eigenvalue weighted by Crippen LogP contribution is 2.61. The number of hydrogen-bond acceptors (Lipinski definition) is 2. The van der Waals surface area contributed by atoms with Gasteiger partial charge in [0.05, 0.1) is 6.54 Å². The molecule has 0 spiro atoms. The third kappa shape index (κ3) is 4.06. The summed E-state index contributed by atoms with van der Waals surface area (Å²) in [5, 5.41) is 3.99. The molecule has 5 aliphatic carbocycles. The Kier molecular flexibility index (Phi) is 6.21. The van der Waals surface area contributed by atoms with Crippen molar-refractivity contribution in [3.63, 3.8) is 0 Å². The van der Waals surface area contributed by atoms with Crippen LogP contribution in [0.3, 0.4) is 0 Å². The summed E-state index contributed by atoms with van der Waals surface area (Å²) in [6.07, 6.45) is 12.6. The zero-order valence-electron chi connectivity index (χ0n) is 19.8. The summed E-state index contributed by atoms with van der Waals surface area (Å²) in [7, 11) is 1.91. The molecule has 4 nitrogen and oxygen atoms in total. The van der Waals surface area contributed by atoms with Gasteiger partial charge in [-0.2, -0.15) is 0 Å². The van der Waals surface area contributed by atoms with E-state index in [1.165, 1.54) is 51.4 Å². The van der Waals surface area contributed by atoms with Gasteiger partial charge in [-0.1, -0.05) is 44.4 Å². The smallest absolute Gasteiger partial charge is 0.246 e. The molecule has 0 saturated heterocycles. The third-order valence-corrected chi connectivity index (χ3v) is 9.41. The molecular formula is C27H39N3OS. The molecule has 5 fully saturated rings. The van der Waals surface area contributed by atoms with Crippen molar-refractivity contribution in [3.05, 3.63) is 30.3 Å². The maximum Gasteiger partial charge on any atom is 0.246 e. The van der Waals surface area contributed by atoms with E-state index in [1.54, 1.807) is 0 Å². The molecule has 0 radical (unpaired) electrons. The van der Waals surface area contributed by atoms with Gasteiger partial charge in [-0.15, -0.1) is 0 Å². The van der Waals surface area contributed by atoms with Crippen LogP contribution >= 0.6 is 12.2 Å². The van der Waals surface area contributed by atoms with Crippen molar-refractivity contribution in [1.29, 1.82) is 0 Å². The van der Waals surface area contributed by atoms with Crippen LogP contribution in [-0.2, 0) is 4.79 Å². The second kappa shape index (κ2) is 8.96. The first-order valence-electron chi connectivity index (χ1n) is 12.8. The van der Waals surface area contributed by atoms with Gasteiger partial charge in [-0.3, -0.25) is 4.79 Å². The molecule has 0 aromatic heterocycles. The van der Waals surface area contributed by atoms with E-state index in [-0.39, 0.29) is 11.3 Å². The summed E-state index contributed by atoms with van der Waals surface area (Å²) < 4.78 is 0. The van der Waals surface area contributed by atoms with E-state index in [2.05, 4.69) is 34.2 Å². The van der Waals surface area contributed by atoms with Crippen LogP contribution < -0.4 is 10.2 Å². The largest absolute Gasteiger partial charge is 0.366 e. The number of anilines is 1. The summed E-state index contributed by atoms with van der Waals surface area (Å²) in [6, 6.07) is 11.0. The minimum absolute atomic E-state index is 0.207. The number of nitrogens with zero attached hydrogens (tertiary/aromatic N) is 2. The molecule has 1 N–H and O–H groups in total. The molecule has 1 aromatic rings. The number of carbonyl (C=O) groups excluding carboxylic acids is 1. The van der Waals surface area contributed by atoms with Crippen molar-refractivity contribution in [1.82, 2.24) is 10.2 Å². The van der Waals surface area contributed by atoms with Crippen molar-refractivity contribution in [2.24, 2.45) is 23.2 Å². The first-order valence-corrected chi connectivity index (χ1v) is 13.2. The van der Waals surface area contributed by atoms with Crippen LogP contribution in [0.4, 0.5) is 5.69 Å². The van der Waals surface area contributed by atoms with E-state index in [0.29, 0.717) is 24.5 Å². The molecule has 0 aliphatic heterocycles. The van der Waals surface area contributed by atoms with Crippen LogP contribution in [0, 0.1) is 23.2 Å². The maximum absolute atomic E-state index is 14.0. The molecule has 4 bridgehead atoms. The van der Waals surface area contributed by atoms with Crippen molar-refractivity contribution < 1.29 is 4.79 Å². The van der Waals surface area contributed by atoms with Gasteiger partial charge < -0.3 is 15.1 Å². The van der Waals surface area contributed by atoms with Crippen molar-refractivity contribution >= 4 is 28.9 Å². The number of nitrogens with one attached hydrogen (secondary N) is 1. The van der Waals surface area contributed by atoms with Gasteiger partial charge in [-0.05, 0) is 92.5 Å². The molecule has 1 aromatic carbocycles. The van der Waals surface area contributed by atoms with Crippen LogP contribution in [0.25, 0.3) is 0 Å². The normalized spacial score (nSPS) is 33.7. The summed E-state index contributed by atoms with van der Waals surface area (Å²) in [4.78, 5) is 18.4. The Morgan fingerprint density at radius 3 is 2.31 bits per heavy atom. The van der Waals surface area contributed by atoms with E-state index in [9.17, 15) is 4.79 Å². The topological polar surface area (TPSA) is 35.6 Å². The number of amides is 1. The second-order valence-corrected chi connectivity index (χ2v) is 11.7. The van der Waals surface area contributed by atoms with Gasteiger partial charge in [0, 0.05) is 24.8 Å². The minimum atomic E-state index is 0.207. The fraction of sp³-hybridized carbons (Fsp3) is 0.704. The van der Waals surface area contributed by atoms with Gasteiger partial charge >= 0.3 is 0 Å². The lowest BCUT2D eigenvalue weighted by molar-refractivity contribution is -0.126. The molecule has 5 heteroatoms. The molecule has 32 heavy (non-hydrogen) atoms. The molecule has 3 unspecified atom stereocenters. The average molecular weight is 454 g/mol. The number of carbonyl (C=O) groups is 1. The van der Waals surface area contributed by atoms with Gasteiger partial charge in [0.15, 0.2) is 5.11 Å². The zero-order valence-corrected chi connectivity index (χ0v) is 20.6. The predicted octanol–water partition coefficient (Wildman–Crippen LogP) is 5.37. The van der Waals surface area contributed by atoms with Crippen LogP contribution in [0.15, 0.2) is 30.3 Å². The highest BCUT2D eigenvalue weighted by Gasteiger charge is 2.57. The Labute approximate surface area is 199 Å². The first-order chi connectivity index (χ1) is 15.5. The maximum atomic E-state index is 14.0. The second-order valence-electron chi connectivity index (χ2n) is 11.3. The molecule has 5 aliphatic rings. The Morgan fingerprint density at radius 1 is 1.06 bits per heavy atom. The summed E-state index contributed by atoms with van der Waals surface area (Å²) >= 11 is 5.85. The molecule has 5 saturated carbocycles. The Hall–Kier alpha value is -1.62. The van der Waals surface area contributed by atoms with Gasteiger partial charge in [-0.25, -0.2) is 0 Å². The average Bonchev–Trinajstić information content (AvgIpc) is 2.78. The lowest BCUT2D eigenvalue weighted by atomic mass is 9.47. The highest BCUT2D eigenvalue weighted by atomic mass is 32.1. The number of benzene rings is 1. The molecule has 1 amide bonds. The minimum Gasteiger partial charge on any atom is -0.366 e. The molecule has 6 rings (SSSR count). The molecule has 3 atom stereocenters.